The van der Waals surface area contributed by atoms with Gasteiger partial charge in [0.2, 0.25) is 10.0 Å². The fourth-order valence-corrected chi connectivity index (χ4v) is 3.48. The minimum absolute atomic E-state index is 0.0623. The van der Waals surface area contributed by atoms with Gasteiger partial charge in [-0.15, -0.1) is 0 Å². The first-order chi connectivity index (χ1) is 11.5. The van der Waals surface area contributed by atoms with Crippen LogP contribution in [0.15, 0.2) is 29.2 Å². The molecule has 1 aromatic rings. The van der Waals surface area contributed by atoms with Gasteiger partial charge < -0.3 is 14.4 Å². The molecule has 0 unspecified atom stereocenters. The summed E-state index contributed by atoms with van der Waals surface area (Å²) in [7, 11) is -2.08. The normalized spacial score (nSPS) is 18.6. The van der Waals surface area contributed by atoms with E-state index in [0.717, 1.165) is 6.42 Å². The van der Waals surface area contributed by atoms with E-state index in [0.29, 0.717) is 31.9 Å². The lowest BCUT2D eigenvalue weighted by atomic mass is 10.1. The van der Waals surface area contributed by atoms with E-state index in [2.05, 4.69) is 4.72 Å². The molecule has 1 atom stereocenters. The highest BCUT2D eigenvalue weighted by Crippen LogP contribution is 2.15. The van der Waals surface area contributed by atoms with Crippen LogP contribution in [0.4, 0.5) is 0 Å². The first-order valence-corrected chi connectivity index (χ1v) is 9.45. The number of ether oxygens (including phenoxy) is 2. The second-order valence-electron chi connectivity index (χ2n) is 5.57. The van der Waals surface area contributed by atoms with Crippen molar-refractivity contribution in [1.29, 1.82) is 0 Å². The van der Waals surface area contributed by atoms with Crippen molar-refractivity contribution in [2.75, 3.05) is 40.0 Å². The number of rotatable bonds is 7. The SMILES string of the molecule is CC[C@H]1CN(C(=O)c2ccc(S(=O)(=O)NCCOC)cc2)CCO1. The van der Waals surface area contributed by atoms with Crippen LogP contribution in [0.1, 0.15) is 23.7 Å². The van der Waals surface area contributed by atoms with Crippen molar-refractivity contribution in [1.82, 2.24) is 9.62 Å². The van der Waals surface area contributed by atoms with Crippen LogP contribution in [-0.4, -0.2) is 65.3 Å². The number of sulfonamides is 1. The molecule has 24 heavy (non-hydrogen) atoms. The number of nitrogens with zero attached hydrogens (tertiary/aromatic N) is 1. The van der Waals surface area contributed by atoms with Crippen molar-refractivity contribution in [2.24, 2.45) is 0 Å². The van der Waals surface area contributed by atoms with Gasteiger partial charge in [-0.2, -0.15) is 0 Å². The number of amides is 1. The molecular formula is C16H24N2O5S. The van der Waals surface area contributed by atoms with Crippen molar-refractivity contribution < 1.29 is 22.7 Å². The number of nitrogens with one attached hydrogen (secondary N) is 1. The van der Waals surface area contributed by atoms with Crippen molar-refractivity contribution >= 4 is 15.9 Å². The van der Waals surface area contributed by atoms with Crippen LogP contribution in [0.2, 0.25) is 0 Å². The Balaban J connectivity index is 2.04. The Morgan fingerprint density at radius 1 is 1.38 bits per heavy atom. The lowest BCUT2D eigenvalue weighted by molar-refractivity contribution is -0.0226. The molecule has 2 rings (SSSR count). The van der Waals surface area contributed by atoms with Crippen LogP contribution in [0, 0.1) is 0 Å². The predicted molar refractivity (Wildman–Crippen MR) is 89.4 cm³/mol. The van der Waals surface area contributed by atoms with Crippen LogP contribution in [0.25, 0.3) is 0 Å². The Labute approximate surface area is 143 Å². The Bertz CT molecular complexity index is 645. The van der Waals surface area contributed by atoms with Gasteiger partial charge in [0.1, 0.15) is 0 Å². The number of benzene rings is 1. The molecule has 1 aromatic carbocycles. The molecule has 1 aliphatic heterocycles. The number of hydrogen-bond donors (Lipinski definition) is 1. The number of carbonyl (C=O) groups is 1. The van der Waals surface area contributed by atoms with E-state index >= 15 is 0 Å². The van der Waals surface area contributed by atoms with E-state index in [-0.39, 0.29) is 23.5 Å². The summed E-state index contributed by atoms with van der Waals surface area (Å²) in [6, 6.07) is 5.98. The molecule has 0 aromatic heterocycles. The summed E-state index contributed by atoms with van der Waals surface area (Å²) in [5, 5.41) is 0. The van der Waals surface area contributed by atoms with E-state index in [9.17, 15) is 13.2 Å². The summed E-state index contributed by atoms with van der Waals surface area (Å²) in [6.45, 7) is 4.16. The molecule has 1 fully saturated rings. The smallest absolute Gasteiger partial charge is 0.254 e. The van der Waals surface area contributed by atoms with Crippen molar-refractivity contribution in [3.05, 3.63) is 29.8 Å². The maximum Gasteiger partial charge on any atom is 0.254 e. The Kier molecular flexibility index (Phi) is 6.73. The molecule has 1 N–H and O–H groups in total. The average Bonchev–Trinajstić information content (AvgIpc) is 2.61. The van der Waals surface area contributed by atoms with Gasteiger partial charge in [0.15, 0.2) is 0 Å². The molecule has 1 saturated heterocycles. The van der Waals surface area contributed by atoms with Crippen LogP contribution in [-0.2, 0) is 19.5 Å². The van der Waals surface area contributed by atoms with Gasteiger partial charge in [-0.1, -0.05) is 6.92 Å². The Hall–Kier alpha value is -1.48. The monoisotopic (exact) mass is 356 g/mol. The van der Waals surface area contributed by atoms with Crippen LogP contribution < -0.4 is 4.72 Å². The van der Waals surface area contributed by atoms with Crippen molar-refractivity contribution in [3.8, 4) is 0 Å². The Morgan fingerprint density at radius 3 is 2.71 bits per heavy atom. The topological polar surface area (TPSA) is 84.9 Å². The molecule has 8 heteroatoms. The third-order valence-electron chi connectivity index (χ3n) is 3.89. The van der Waals surface area contributed by atoms with Gasteiger partial charge in [-0.25, -0.2) is 13.1 Å². The number of morpholine rings is 1. The van der Waals surface area contributed by atoms with Crippen LogP contribution >= 0.6 is 0 Å². The van der Waals surface area contributed by atoms with Crippen LogP contribution in [0.5, 0.6) is 0 Å². The van der Waals surface area contributed by atoms with E-state index in [4.69, 9.17) is 9.47 Å². The molecule has 7 nitrogen and oxygen atoms in total. The summed E-state index contributed by atoms with van der Waals surface area (Å²) >= 11 is 0. The molecule has 0 saturated carbocycles. The second-order valence-corrected chi connectivity index (χ2v) is 7.33. The van der Waals surface area contributed by atoms with Crippen molar-refractivity contribution in [3.63, 3.8) is 0 Å². The number of carbonyl (C=O) groups excluding carboxylic acids is 1. The molecule has 1 aliphatic rings. The summed E-state index contributed by atoms with van der Waals surface area (Å²) in [5.74, 6) is -0.104. The minimum Gasteiger partial charge on any atom is -0.383 e. The highest BCUT2D eigenvalue weighted by Gasteiger charge is 2.24. The average molecular weight is 356 g/mol. The zero-order chi connectivity index (χ0) is 17.6. The number of methoxy groups -OCH3 is 1. The fourth-order valence-electron chi connectivity index (χ4n) is 2.47. The summed E-state index contributed by atoms with van der Waals surface area (Å²) in [5.41, 5.74) is 0.475. The zero-order valence-electron chi connectivity index (χ0n) is 14.0. The van der Waals surface area contributed by atoms with E-state index in [1.807, 2.05) is 6.92 Å². The predicted octanol–water partition coefficient (Wildman–Crippen LogP) is 0.862. The van der Waals surface area contributed by atoms with Gasteiger partial charge in [0.25, 0.3) is 5.91 Å². The molecule has 0 spiro atoms. The molecule has 1 heterocycles. The highest BCUT2D eigenvalue weighted by molar-refractivity contribution is 7.89. The molecule has 0 aliphatic carbocycles. The highest BCUT2D eigenvalue weighted by atomic mass is 32.2. The summed E-state index contributed by atoms with van der Waals surface area (Å²) in [4.78, 5) is 14.4. The quantitative estimate of drug-likeness (QED) is 0.733. The maximum absolute atomic E-state index is 12.5. The Morgan fingerprint density at radius 2 is 2.08 bits per heavy atom. The molecule has 134 valence electrons. The third kappa shape index (κ3) is 4.76. The lowest BCUT2D eigenvalue weighted by Gasteiger charge is -2.32. The maximum atomic E-state index is 12.5. The third-order valence-corrected chi connectivity index (χ3v) is 5.37. The minimum atomic E-state index is -3.59. The van der Waals surface area contributed by atoms with Gasteiger partial charge in [0, 0.05) is 32.3 Å². The lowest BCUT2D eigenvalue weighted by Crippen LogP contribution is -2.45. The van der Waals surface area contributed by atoms with E-state index in [1.54, 1.807) is 17.0 Å². The van der Waals surface area contributed by atoms with Crippen LogP contribution in [0.3, 0.4) is 0 Å². The van der Waals surface area contributed by atoms with Gasteiger partial charge in [-0.05, 0) is 30.7 Å². The largest absolute Gasteiger partial charge is 0.383 e. The van der Waals surface area contributed by atoms with E-state index in [1.165, 1.54) is 19.2 Å². The molecular weight excluding hydrogens is 332 g/mol. The van der Waals surface area contributed by atoms with Gasteiger partial charge in [0.05, 0.1) is 24.2 Å². The number of hydrogen-bond acceptors (Lipinski definition) is 5. The first-order valence-electron chi connectivity index (χ1n) is 7.97. The second kappa shape index (κ2) is 8.57. The van der Waals surface area contributed by atoms with E-state index < -0.39 is 10.0 Å². The summed E-state index contributed by atoms with van der Waals surface area (Å²) < 4.78 is 37.0. The fraction of sp³-hybridized carbons (Fsp3) is 0.562. The molecule has 1 amide bonds. The zero-order valence-corrected chi connectivity index (χ0v) is 14.8. The summed E-state index contributed by atoms with van der Waals surface area (Å²) in [6.07, 6.45) is 0.918. The first kappa shape index (κ1) is 18.9. The van der Waals surface area contributed by atoms with Crippen molar-refractivity contribution in [2.45, 2.75) is 24.3 Å². The standard InChI is InChI=1S/C16H24N2O5S/c1-3-14-12-18(9-11-23-14)16(19)13-4-6-15(7-5-13)24(20,21)17-8-10-22-2/h4-7,14,17H,3,8-12H2,1-2H3/t14-/m0/s1. The molecule has 0 radical (unpaired) electrons. The van der Waals surface area contributed by atoms with Gasteiger partial charge in [-0.3, -0.25) is 4.79 Å². The van der Waals surface area contributed by atoms with Gasteiger partial charge >= 0.3 is 0 Å². The molecule has 0 bridgehead atoms.